The number of para-hydroxylation sites is 1. The number of carbonyl (C=O) groups is 15. The van der Waals surface area contributed by atoms with Gasteiger partial charge in [-0.05, 0) is 214 Å². The van der Waals surface area contributed by atoms with Gasteiger partial charge in [0.2, 0.25) is 88.6 Å². The first-order valence-corrected chi connectivity index (χ1v) is 50.4. The van der Waals surface area contributed by atoms with E-state index in [2.05, 4.69) is 106 Å². The van der Waals surface area contributed by atoms with Gasteiger partial charge in [0.15, 0.2) is 29.8 Å². The Morgan fingerprint density at radius 2 is 0.465 bits per heavy atom. The van der Waals surface area contributed by atoms with Crippen molar-refractivity contribution in [2.75, 3.05) is 45.8 Å². The van der Waals surface area contributed by atoms with Crippen LogP contribution < -0.4 is 153 Å². The average Bonchev–Trinajstić information content (AvgIpc) is 1.66. The van der Waals surface area contributed by atoms with E-state index >= 15 is 33.6 Å². The summed E-state index contributed by atoms with van der Waals surface area (Å²) in [6.45, 7) is 26.0. The zero-order chi connectivity index (χ0) is 109. The predicted octanol–water partition coefficient (Wildman–Crippen LogP) is -2.79. The Labute approximate surface area is 846 Å². The largest absolute Gasteiger partial charge is 0.370 e. The number of aromatic amines is 1. The number of hydrogen-bond acceptors (Lipinski definition) is 23. The molecule has 15 atom stereocenters. The van der Waals surface area contributed by atoms with Gasteiger partial charge in [-0.1, -0.05) is 115 Å². The molecule has 2 aromatic rings. The topological polar surface area (TPSA) is 854 Å². The van der Waals surface area contributed by atoms with Crippen LogP contribution in [0.3, 0.4) is 0 Å². The van der Waals surface area contributed by atoms with Crippen LogP contribution in [-0.4, -0.2) is 260 Å². The van der Waals surface area contributed by atoms with E-state index in [1.807, 2.05) is 41.5 Å². The number of guanidine groups is 5. The molecule has 0 aliphatic rings. The van der Waals surface area contributed by atoms with Crippen molar-refractivity contribution in [1.82, 2.24) is 106 Å². The van der Waals surface area contributed by atoms with Crippen LogP contribution in [-0.2, 0) is 78.3 Å². The summed E-state index contributed by atoms with van der Waals surface area (Å²) in [4.78, 5) is 223. The highest BCUT2D eigenvalue weighted by atomic mass is 16.2. The molecule has 49 heteroatoms. The summed E-state index contributed by atoms with van der Waals surface area (Å²) in [6, 6.07) is -13.3. The van der Waals surface area contributed by atoms with E-state index in [9.17, 15) is 38.4 Å². The summed E-state index contributed by atoms with van der Waals surface area (Å²) < 4.78 is 0. The number of amides is 15. The Morgan fingerprint density at radius 1 is 0.264 bits per heavy atom. The minimum atomic E-state index is -1.57. The summed E-state index contributed by atoms with van der Waals surface area (Å²) in [7, 11) is 0. The Hall–Kier alpha value is -13.0. The predicted molar refractivity (Wildman–Crippen MR) is 554 cm³/mol. The second kappa shape index (κ2) is 68.3. The second-order valence-corrected chi connectivity index (χ2v) is 39.8. The van der Waals surface area contributed by atoms with E-state index in [0.29, 0.717) is 35.7 Å². The number of primary amides is 1. The van der Waals surface area contributed by atoms with Crippen molar-refractivity contribution in [3.8, 4) is 0 Å². The maximum absolute atomic E-state index is 15.6. The molecule has 1 aromatic heterocycles. The van der Waals surface area contributed by atoms with E-state index in [-0.39, 0.29) is 234 Å². The molecule has 0 saturated carbocycles. The molecular formula is C95H174N34O15. The van der Waals surface area contributed by atoms with Crippen LogP contribution in [0, 0.1) is 68.5 Å². The number of aromatic nitrogens is 1. The Kier molecular flexibility index (Phi) is 60.3. The lowest BCUT2D eigenvalue weighted by Gasteiger charge is -2.30. The van der Waals surface area contributed by atoms with Gasteiger partial charge in [0.25, 0.3) is 0 Å². The number of hydrogen-bond donors (Lipinski definition) is 34. The lowest BCUT2D eigenvalue weighted by molar-refractivity contribution is -0.136. The van der Waals surface area contributed by atoms with Crippen LogP contribution in [0.1, 0.15) is 250 Å². The van der Waals surface area contributed by atoms with Crippen molar-refractivity contribution in [3.63, 3.8) is 0 Å². The zero-order valence-corrected chi connectivity index (χ0v) is 86.8. The molecule has 144 heavy (non-hydrogen) atoms. The number of nitrogens with two attached hydrogens (primary N) is 9. The van der Waals surface area contributed by atoms with Gasteiger partial charge in [-0.25, -0.2) is 0 Å². The summed E-state index contributed by atoms with van der Waals surface area (Å²) in [5.41, 5.74) is 53.1. The molecule has 0 fully saturated rings. The molecule has 2 rings (SSSR count). The van der Waals surface area contributed by atoms with Gasteiger partial charge in [0.1, 0.15) is 84.6 Å². The maximum Gasteiger partial charge on any atom is 0.243 e. The van der Waals surface area contributed by atoms with Gasteiger partial charge in [-0.3, -0.25) is 99.0 Å². The Morgan fingerprint density at radius 3 is 0.701 bits per heavy atom. The van der Waals surface area contributed by atoms with Gasteiger partial charge in [-0.2, -0.15) is 0 Å². The number of rotatable bonds is 73. The number of fused-ring (bicyclic) bond motifs is 1. The smallest absolute Gasteiger partial charge is 0.243 e. The summed E-state index contributed by atoms with van der Waals surface area (Å²) in [5, 5.41) is 91.7. The van der Waals surface area contributed by atoms with Gasteiger partial charge in [0.05, 0.1) is 6.04 Å². The fourth-order valence-corrected chi connectivity index (χ4v) is 15.9. The molecule has 1 aromatic carbocycles. The number of H-pyrrole nitrogens is 1. The van der Waals surface area contributed by atoms with Crippen molar-refractivity contribution in [3.05, 3.63) is 36.0 Å². The average molecular weight is 2030 g/mol. The first kappa shape index (κ1) is 127. The monoisotopic (exact) mass is 2030 g/mol. The normalized spacial score (nSPS) is 14.5. The van der Waals surface area contributed by atoms with E-state index in [0.717, 1.165) is 0 Å². The second-order valence-electron chi connectivity index (χ2n) is 39.8. The molecular weight excluding hydrogens is 1860 g/mol. The zero-order valence-electron chi connectivity index (χ0n) is 86.8. The third kappa shape index (κ3) is 52.9. The summed E-state index contributed by atoms with van der Waals surface area (Å²) in [5.74, 6) is -15.7. The van der Waals surface area contributed by atoms with Crippen LogP contribution in [0.2, 0.25) is 0 Å². The van der Waals surface area contributed by atoms with E-state index in [4.69, 9.17) is 78.6 Å². The molecule has 43 N–H and O–H groups in total. The molecule has 0 spiro atoms. The lowest BCUT2D eigenvalue weighted by Crippen LogP contribution is -2.61. The summed E-state index contributed by atoms with van der Waals surface area (Å²) >= 11 is 0. The van der Waals surface area contributed by atoms with Crippen molar-refractivity contribution >= 4 is 129 Å². The number of benzene rings is 1. The molecule has 15 amide bonds. The Balaban J connectivity index is 2.85. The molecule has 49 nitrogen and oxygen atoms in total. The minimum absolute atomic E-state index is 0.000881. The first-order chi connectivity index (χ1) is 67.7. The van der Waals surface area contributed by atoms with Crippen LogP contribution in [0.4, 0.5) is 0 Å². The highest BCUT2D eigenvalue weighted by molar-refractivity contribution is 6.01. The van der Waals surface area contributed by atoms with Gasteiger partial charge in [-0.15, -0.1) is 0 Å². The Bertz CT molecular complexity index is 4450. The SMILES string of the molecule is CC(C)C[C@H](NC(=O)[C@H](CC(C)C)NC(=O)[C@H](CCCCN)NC(=O)[C@H](CC(C)C)NC(=O)[C@H](CC(C)C)NC(=O)[C@H](CCCNC(=N)N)NC(=O)[C@H](CCCNC(=N)N)NC(=O)[C@H](CC(C)C)NC(=O)[C@H](Cc1c[nH]c2ccccc12)NC(=O)[C@H](CCCCN)NC(=O)[C@H](CCCNC(=N)N)NC(=O)[C@H](CC(C)C)NC(=O)[C@H](CCCNC(=N)N)NC(=O)[C@H](CCCNC(=N)N)NC(=O)[C@@H](N)CC(C)C)C(N)=O. The van der Waals surface area contributed by atoms with Crippen LogP contribution >= 0.6 is 0 Å². The fourth-order valence-electron chi connectivity index (χ4n) is 15.9. The molecule has 0 unspecified atom stereocenters. The lowest BCUT2D eigenvalue weighted by atomic mass is 9.98. The minimum Gasteiger partial charge on any atom is -0.370 e. The summed E-state index contributed by atoms with van der Waals surface area (Å²) in [6.07, 6.45) is 3.16. The van der Waals surface area contributed by atoms with Gasteiger partial charge in [0, 0.05) is 56.2 Å². The first-order valence-electron chi connectivity index (χ1n) is 50.4. The molecule has 814 valence electrons. The molecule has 0 aliphatic carbocycles. The molecule has 1 heterocycles. The van der Waals surface area contributed by atoms with Crippen LogP contribution in [0.15, 0.2) is 30.5 Å². The standard InChI is InChI=1S/C95H174N34O15/c1-51(2)42-60(98)77(131)116-64(30-21-37-110-91(100)101)78(132)118-67(33-24-40-113-94(106)107)83(137)124-70(44-53(5)6)85(139)121-65(31-22-38-111-92(102)103)79(133)117-62(28-17-19-35-96)82(136)129-75(49-58-50-115-61-27-16-15-26-59(58)61)90(144)128-72(46-55(9)10)87(141)122-66(32-23-39-112-93(104)105)80(134)119-68(34-25-41-114-95(108)109)84(138)126-74(48-57(13)14)89(143)127-71(45-54(7)8)86(140)120-63(29-18-20-36-97)81(135)125-73(47-56(11)12)88(142)123-69(76(99)130)43-52(3)4/h15-16,26-27,50-57,60,62-75,115H,17-25,28-49,96-98H2,1-14H3,(H2,99,130)(H,116,131)(H,117,133)(H,118,132)(H,119,134)(H,120,140)(H,121,139)(H,122,141)(H,123,142)(H,124,137)(H,125,135)(H,126,138)(H,127,143)(H,128,144)(H,129,136)(H4,100,101,110)(H4,102,103,111)(H4,104,105,112)(H4,106,107,113)(H4,108,109,114)/t60-,62-,63-,64-,65-,66-,67-,68-,69-,70-,71-,72-,73-,74-,75-/m0/s1. The van der Waals surface area contributed by atoms with Crippen LogP contribution in [0.25, 0.3) is 10.9 Å². The van der Waals surface area contributed by atoms with E-state index < -0.39 is 197 Å². The molecule has 0 saturated heterocycles. The number of unbranched alkanes of at least 4 members (excludes halogenated alkanes) is 2. The highest BCUT2D eigenvalue weighted by Crippen LogP contribution is 2.23. The molecule has 0 radical (unpaired) electrons. The van der Waals surface area contributed by atoms with E-state index in [1.54, 1.807) is 85.9 Å². The quantitative estimate of drug-likeness (QED) is 0.0181. The van der Waals surface area contributed by atoms with Crippen molar-refractivity contribution in [1.29, 1.82) is 27.0 Å². The molecule has 0 bridgehead atoms. The van der Waals surface area contributed by atoms with Crippen molar-refractivity contribution < 1.29 is 71.9 Å². The molecule has 0 aliphatic heterocycles. The highest BCUT2D eigenvalue weighted by Gasteiger charge is 2.40. The van der Waals surface area contributed by atoms with Gasteiger partial charge < -0.3 is 158 Å². The van der Waals surface area contributed by atoms with Gasteiger partial charge >= 0.3 is 0 Å². The van der Waals surface area contributed by atoms with Crippen LogP contribution in [0.5, 0.6) is 0 Å². The number of nitrogens with one attached hydrogen (secondary N) is 25. The third-order valence-electron chi connectivity index (χ3n) is 23.1. The maximum atomic E-state index is 15.6. The fraction of sp³-hybridized carbons (Fsp3) is 0.705. The van der Waals surface area contributed by atoms with Crippen molar-refractivity contribution in [2.24, 2.45) is 93.0 Å². The third-order valence-corrected chi connectivity index (χ3v) is 23.1. The van der Waals surface area contributed by atoms with Crippen molar-refractivity contribution in [2.45, 2.75) is 342 Å². The van der Waals surface area contributed by atoms with E-state index in [1.165, 1.54) is 0 Å². The number of carbonyl (C=O) groups excluding carboxylic acids is 15.